The number of carbonyl (C=O) groups is 2. The lowest BCUT2D eigenvalue weighted by Gasteiger charge is -2.39. The molecule has 0 saturated carbocycles. The predicted octanol–water partition coefficient (Wildman–Crippen LogP) is 2.72. The molecule has 186 valence electrons. The molecule has 0 aliphatic carbocycles. The number of amides is 2. The van der Waals surface area contributed by atoms with Crippen molar-refractivity contribution in [1.29, 1.82) is 0 Å². The van der Waals surface area contributed by atoms with Crippen LogP contribution >= 0.6 is 11.6 Å². The highest BCUT2D eigenvalue weighted by atomic mass is 35.5. The first kappa shape index (κ1) is 24.7. The summed E-state index contributed by atoms with van der Waals surface area (Å²) in [6.45, 7) is 2.60. The van der Waals surface area contributed by atoms with Crippen LogP contribution in [0.2, 0.25) is 5.15 Å². The highest BCUT2D eigenvalue weighted by Gasteiger charge is 2.42. The maximum atomic E-state index is 13.0. The molecule has 2 saturated heterocycles. The van der Waals surface area contributed by atoms with Gasteiger partial charge in [0.05, 0.1) is 26.9 Å². The van der Waals surface area contributed by atoms with Gasteiger partial charge in [-0.15, -0.1) is 0 Å². The molecule has 2 aromatic rings. The van der Waals surface area contributed by atoms with Crippen LogP contribution in [-0.4, -0.2) is 84.1 Å². The van der Waals surface area contributed by atoms with E-state index in [0.717, 1.165) is 19.3 Å². The van der Waals surface area contributed by atoms with Crippen molar-refractivity contribution in [2.75, 3.05) is 47.5 Å². The van der Waals surface area contributed by atoms with Crippen molar-refractivity contribution in [3.05, 3.63) is 40.7 Å². The third-order valence-electron chi connectivity index (χ3n) is 6.63. The van der Waals surface area contributed by atoms with E-state index in [-0.39, 0.29) is 28.4 Å². The van der Waals surface area contributed by atoms with Crippen LogP contribution in [0.5, 0.6) is 17.8 Å². The van der Waals surface area contributed by atoms with Gasteiger partial charge < -0.3 is 24.0 Å². The Kier molecular flexibility index (Phi) is 7.39. The largest absolute Gasteiger partial charge is 0.481 e. The molecule has 2 aliphatic rings. The van der Waals surface area contributed by atoms with Gasteiger partial charge in [0.25, 0.3) is 5.91 Å². The van der Waals surface area contributed by atoms with E-state index in [9.17, 15) is 9.59 Å². The summed E-state index contributed by atoms with van der Waals surface area (Å²) < 4.78 is 15.4. The van der Waals surface area contributed by atoms with Crippen molar-refractivity contribution in [1.82, 2.24) is 24.8 Å². The molecule has 0 atom stereocenters. The van der Waals surface area contributed by atoms with Crippen molar-refractivity contribution in [3.8, 4) is 17.8 Å². The van der Waals surface area contributed by atoms with E-state index in [1.165, 1.54) is 27.4 Å². The molecule has 2 amide bonds. The molecular weight excluding hydrogens is 474 g/mol. The van der Waals surface area contributed by atoms with Crippen LogP contribution in [0.25, 0.3) is 6.08 Å². The van der Waals surface area contributed by atoms with Gasteiger partial charge in [0.2, 0.25) is 17.7 Å². The molecule has 0 unspecified atom stereocenters. The first-order valence-corrected chi connectivity index (χ1v) is 11.7. The number of nitrogens with zero attached hydrogens (tertiary/aromatic N) is 5. The van der Waals surface area contributed by atoms with Gasteiger partial charge in [-0.1, -0.05) is 11.6 Å². The molecule has 2 fully saturated rings. The highest BCUT2D eigenvalue weighted by molar-refractivity contribution is 6.29. The molecule has 0 N–H and O–H groups in total. The number of aromatic nitrogens is 3. The second-order valence-electron chi connectivity index (χ2n) is 8.68. The van der Waals surface area contributed by atoms with E-state index >= 15 is 0 Å². The lowest BCUT2D eigenvalue weighted by atomic mass is 9.77. The molecule has 2 aromatic heterocycles. The number of hydrogen-bond acceptors (Lipinski definition) is 8. The van der Waals surface area contributed by atoms with Crippen LogP contribution in [0.15, 0.2) is 24.4 Å². The molecule has 11 heteroatoms. The zero-order valence-corrected chi connectivity index (χ0v) is 20.7. The summed E-state index contributed by atoms with van der Waals surface area (Å²) in [4.78, 5) is 41.8. The van der Waals surface area contributed by atoms with Crippen molar-refractivity contribution in [2.24, 2.45) is 5.41 Å². The van der Waals surface area contributed by atoms with Gasteiger partial charge in [0, 0.05) is 50.1 Å². The van der Waals surface area contributed by atoms with Gasteiger partial charge >= 0.3 is 6.01 Å². The fourth-order valence-electron chi connectivity index (χ4n) is 4.60. The molecule has 0 aromatic carbocycles. The quantitative estimate of drug-likeness (QED) is 0.439. The number of pyridine rings is 1. The zero-order valence-electron chi connectivity index (χ0n) is 20.0. The van der Waals surface area contributed by atoms with Gasteiger partial charge in [-0.3, -0.25) is 9.59 Å². The number of piperidine rings is 1. The highest BCUT2D eigenvalue weighted by Crippen LogP contribution is 2.41. The van der Waals surface area contributed by atoms with Gasteiger partial charge in [-0.25, -0.2) is 9.97 Å². The summed E-state index contributed by atoms with van der Waals surface area (Å²) in [6, 6.07) is 3.36. The topological polar surface area (TPSA) is 107 Å². The van der Waals surface area contributed by atoms with Crippen LogP contribution in [0.3, 0.4) is 0 Å². The molecular formula is C24H28ClN5O5. The summed E-state index contributed by atoms with van der Waals surface area (Å²) in [6.07, 6.45) is 7.31. The lowest BCUT2D eigenvalue weighted by molar-refractivity contribution is -0.125. The Morgan fingerprint density at radius 2 is 1.71 bits per heavy atom. The third-order valence-corrected chi connectivity index (χ3v) is 6.82. The first-order chi connectivity index (χ1) is 16.9. The van der Waals surface area contributed by atoms with Crippen LogP contribution in [0.1, 0.15) is 35.2 Å². The SMILES string of the molecule is COc1cc(C(=O)N2CCC3(CCN(C(=O)C=Cc4cnc(OC)nc4OC)C3)CC2)cc(Cl)n1. The minimum absolute atomic E-state index is 0.0226. The van der Waals surface area contributed by atoms with E-state index in [1.807, 2.05) is 9.80 Å². The Morgan fingerprint density at radius 3 is 2.37 bits per heavy atom. The Hall–Kier alpha value is -3.40. The van der Waals surface area contributed by atoms with E-state index in [2.05, 4.69) is 15.0 Å². The Balaban J connectivity index is 1.35. The molecule has 1 spiro atoms. The average molecular weight is 502 g/mol. The van der Waals surface area contributed by atoms with Gasteiger partial charge in [-0.2, -0.15) is 4.98 Å². The normalized spacial score (nSPS) is 17.1. The second kappa shape index (κ2) is 10.5. The molecule has 0 radical (unpaired) electrons. The smallest absolute Gasteiger partial charge is 0.319 e. The standard InChI is InChI=1S/C24H28ClN5O5/c1-33-19-13-17(12-18(25)27-19)22(32)29-9-6-24(7-10-29)8-11-30(15-24)20(31)5-4-16-14-26-23(35-3)28-21(16)34-2/h4-5,12-14H,6-11,15H2,1-3H3. The Labute approximate surface area is 208 Å². The van der Waals surface area contributed by atoms with Crippen molar-refractivity contribution >= 4 is 29.5 Å². The summed E-state index contributed by atoms with van der Waals surface area (Å²) in [7, 11) is 4.46. The average Bonchev–Trinajstić information content (AvgIpc) is 3.30. The van der Waals surface area contributed by atoms with Crippen molar-refractivity contribution in [2.45, 2.75) is 19.3 Å². The molecule has 4 heterocycles. The number of hydrogen-bond donors (Lipinski definition) is 0. The van der Waals surface area contributed by atoms with Crippen LogP contribution in [0, 0.1) is 5.41 Å². The Morgan fingerprint density at radius 1 is 1.00 bits per heavy atom. The molecule has 2 aliphatic heterocycles. The first-order valence-electron chi connectivity index (χ1n) is 11.3. The summed E-state index contributed by atoms with van der Waals surface area (Å²) in [5.41, 5.74) is 1.08. The zero-order chi connectivity index (χ0) is 25.0. The van der Waals surface area contributed by atoms with Gasteiger partial charge in [0.1, 0.15) is 5.15 Å². The number of carbonyl (C=O) groups excluding carboxylic acids is 2. The lowest BCUT2D eigenvalue weighted by Crippen LogP contribution is -2.44. The fraction of sp³-hybridized carbons (Fsp3) is 0.458. The number of methoxy groups -OCH3 is 3. The Bertz CT molecular complexity index is 1130. The second-order valence-corrected chi connectivity index (χ2v) is 9.06. The molecule has 4 rings (SSSR count). The minimum Gasteiger partial charge on any atom is -0.481 e. The van der Waals surface area contributed by atoms with E-state index in [1.54, 1.807) is 24.4 Å². The van der Waals surface area contributed by atoms with Gasteiger partial charge in [0.15, 0.2) is 0 Å². The van der Waals surface area contributed by atoms with Crippen LogP contribution < -0.4 is 14.2 Å². The number of rotatable bonds is 6. The van der Waals surface area contributed by atoms with E-state index < -0.39 is 0 Å². The maximum absolute atomic E-state index is 13.0. The number of halogens is 1. The number of ether oxygens (including phenoxy) is 3. The number of likely N-dealkylation sites (tertiary alicyclic amines) is 2. The van der Waals surface area contributed by atoms with E-state index in [4.69, 9.17) is 25.8 Å². The third kappa shape index (κ3) is 5.48. The van der Waals surface area contributed by atoms with Gasteiger partial charge in [-0.05, 0) is 36.8 Å². The summed E-state index contributed by atoms with van der Waals surface area (Å²) >= 11 is 6.03. The molecule has 0 bridgehead atoms. The van der Waals surface area contributed by atoms with E-state index in [0.29, 0.717) is 49.1 Å². The molecule has 10 nitrogen and oxygen atoms in total. The monoisotopic (exact) mass is 501 g/mol. The maximum Gasteiger partial charge on any atom is 0.319 e. The summed E-state index contributed by atoms with van der Waals surface area (Å²) in [5, 5.41) is 0.220. The fourth-order valence-corrected chi connectivity index (χ4v) is 4.80. The summed E-state index contributed by atoms with van der Waals surface area (Å²) in [5.74, 6) is 0.485. The molecule has 35 heavy (non-hydrogen) atoms. The van der Waals surface area contributed by atoms with Crippen LogP contribution in [0.4, 0.5) is 0 Å². The minimum atomic E-state index is -0.0908. The van der Waals surface area contributed by atoms with Crippen molar-refractivity contribution in [3.63, 3.8) is 0 Å². The van der Waals surface area contributed by atoms with Crippen LogP contribution in [-0.2, 0) is 4.79 Å². The van der Waals surface area contributed by atoms with Crippen molar-refractivity contribution < 1.29 is 23.8 Å². The predicted molar refractivity (Wildman–Crippen MR) is 129 cm³/mol.